The van der Waals surface area contributed by atoms with Crippen molar-refractivity contribution in [2.45, 2.75) is 19.8 Å². The van der Waals surface area contributed by atoms with Crippen molar-refractivity contribution in [3.63, 3.8) is 0 Å². The molecular formula is C11H17BrN2O. The van der Waals surface area contributed by atoms with Crippen molar-refractivity contribution >= 4 is 15.9 Å². The van der Waals surface area contributed by atoms with Gasteiger partial charge in [0.05, 0.1) is 19.0 Å². The molecule has 15 heavy (non-hydrogen) atoms. The van der Waals surface area contributed by atoms with Crippen LogP contribution in [0.15, 0.2) is 16.7 Å². The van der Waals surface area contributed by atoms with Gasteiger partial charge < -0.3 is 10.5 Å². The molecule has 0 spiro atoms. The van der Waals surface area contributed by atoms with Gasteiger partial charge in [0, 0.05) is 16.9 Å². The second-order valence-electron chi connectivity index (χ2n) is 3.83. The van der Waals surface area contributed by atoms with Gasteiger partial charge in [-0.05, 0) is 27.9 Å². The molecule has 0 bridgehead atoms. The zero-order valence-corrected chi connectivity index (χ0v) is 10.9. The minimum Gasteiger partial charge on any atom is -0.495 e. The third-order valence-corrected chi connectivity index (χ3v) is 3.13. The molecule has 1 aromatic rings. The van der Waals surface area contributed by atoms with Gasteiger partial charge in [0.1, 0.15) is 5.75 Å². The summed E-state index contributed by atoms with van der Waals surface area (Å²) in [5.41, 5.74) is 6.76. The Labute approximate surface area is 99.2 Å². The standard InChI is InChI=1S/C11H17BrN2O/c1-7(2)9(5-13)11-10(12)4-8(15-3)6-14-11/h4,6-7,9H,5,13H2,1-3H3. The summed E-state index contributed by atoms with van der Waals surface area (Å²) in [7, 11) is 1.63. The molecule has 0 radical (unpaired) electrons. The molecule has 0 amide bonds. The highest BCUT2D eigenvalue weighted by molar-refractivity contribution is 9.10. The number of nitrogens with zero attached hydrogens (tertiary/aromatic N) is 1. The van der Waals surface area contributed by atoms with Gasteiger partial charge in [-0.1, -0.05) is 13.8 Å². The molecule has 0 fully saturated rings. The number of nitrogens with two attached hydrogens (primary N) is 1. The van der Waals surface area contributed by atoms with Crippen LogP contribution in [0.2, 0.25) is 0 Å². The van der Waals surface area contributed by atoms with Crippen LogP contribution in [0.1, 0.15) is 25.5 Å². The van der Waals surface area contributed by atoms with E-state index in [1.54, 1.807) is 13.3 Å². The maximum absolute atomic E-state index is 5.75. The molecule has 1 rings (SSSR count). The van der Waals surface area contributed by atoms with Crippen LogP contribution in [0.25, 0.3) is 0 Å². The third kappa shape index (κ3) is 2.92. The van der Waals surface area contributed by atoms with Crippen molar-refractivity contribution in [3.05, 3.63) is 22.4 Å². The summed E-state index contributed by atoms with van der Waals surface area (Å²) >= 11 is 3.50. The number of halogens is 1. The first-order valence-corrected chi connectivity index (χ1v) is 5.79. The van der Waals surface area contributed by atoms with Crippen molar-refractivity contribution in [3.8, 4) is 5.75 Å². The molecular weight excluding hydrogens is 256 g/mol. The van der Waals surface area contributed by atoms with Crippen LogP contribution in [0.4, 0.5) is 0 Å². The highest BCUT2D eigenvalue weighted by Crippen LogP contribution is 2.30. The van der Waals surface area contributed by atoms with E-state index in [0.29, 0.717) is 12.5 Å². The molecule has 0 aliphatic heterocycles. The molecule has 1 aromatic heterocycles. The fourth-order valence-electron chi connectivity index (χ4n) is 1.51. The number of aromatic nitrogens is 1. The van der Waals surface area contributed by atoms with E-state index in [1.165, 1.54) is 0 Å². The van der Waals surface area contributed by atoms with E-state index in [4.69, 9.17) is 10.5 Å². The molecule has 1 heterocycles. The van der Waals surface area contributed by atoms with E-state index in [-0.39, 0.29) is 5.92 Å². The Morgan fingerprint density at radius 3 is 2.60 bits per heavy atom. The molecule has 1 unspecified atom stereocenters. The van der Waals surface area contributed by atoms with Crippen molar-refractivity contribution in [2.24, 2.45) is 11.7 Å². The van der Waals surface area contributed by atoms with Crippen molar-refractivity contribution in [2.75, 3.05) is 13.7 Å². The number of ether oxygens (including phenoxy) is 1. The second-order valence-corrected chi connectivity index (χ2v) is 4.68. The number of rotatable bonds is 4. The number of hydrogen-bond donors (Lipinski definition) is 1. The van der Waals surface area contributed by atoms with Gasteiger partial charge >= 0.3 is 0 Å². The average Bonchev–Trinajstić information content (AvgIpc) is 2.20. The zero-order chi connectivity index (χ0) is 11.4. The Bertz CT molecular complexity index is 328. The highest BCUT2D eigenvalue weighted by atomic mass is 79.9. The number of pyridine rings is 1. The maximum atomic E-state index is 5.75. The quantitative estimate of drug-likeness (QED) is 0.917. The lowest BCUT2D eigenvalue weighted by molar-refractivity contribution is 0.410. The Hall–Kier alpha value is -0.610. The average molecular weight is 273 g/mol. The van der Waals surface area contributed by atoms with Gasteiger partial charge in [-0.25, -0.2) is 0 Å². The Kier molecular flexibility index (Phi) is 4.54. The fourth-order valence-corrected chi connectivity index (χ4v) is 2.14. The van der Waals surface area contributed by atoms with E-state index in [2.05, 4.69) is 34.8 Å². The SMILES string of the molecule is COc1cnc(C(CN)C(C)C)c(Br)c1. The number of hydrogen-bond acceptors (Lipinski definition) is 3. The molecule has 4 heteroatoms. The lowest BCUT2D eigenvalue weighted by Gasteiger charge is -2.19. The summed E-state index contributed by atoms with van der Waals surface area (Å²) in [5.74, 6) is 1.52. The van der Waals surface area contributed by atoms with Crippen LogP contribution >= 0.6 is 15.9 Å². The van der Waals surface area contributed by atoms with E-state index in [0.717, 1.165) is 15.9 Å². The minimum atomic E-state index is 0.283. The summed E-state index contributed by atoms with van der Waals surface area (Å²) in [6.07, 6.45) is 1.73. The third-order valence-electron chi connectivity index (χ3n) is 2.49. The number of methoxy groups -OCH3 is 1. The van der Waals surface area contributed by atoms with Crippen LogP contribution in [-0.4, -0.2) is 18.6 Å². The molecule has 0 aliphatic carbocycles. The van der Waals surface area contributed by atoms with Gasteiger partial charge in [-0.3, -0.25) is 4.98 Å². The van der Waals surface area contributed by atoms with Crippen LogP contribution in [0, 0.1) is 5.92 Å². The Balaban J connectivity index is 3.03. The molecule has 1 atom stereocenters. The predicted molar refractivity (Wildman–Crippen MR) is 65.1 cm³/mol. The lowest BCUT2D eigenvalue weighted by Crippen LogP contribution is -2.19. The predicted octanol–water partition coefficient (Wildman–Crippen LogP) is 2.55. The molecule has 0 aromatic carbocycles. The molecule has 84 valence electrons. The van der Waals surface area contributed by atoms with Crippen molar-refractivity contribution in [1.82, 2.24) is 4.98 Å². The molecule has 3 nitrogen and oxygen atoms in total. The lowest BCUT2D eigenvalue weighted by atomic mass is 9.92. The first-order valence-electron chi connectivity index (χ1n) is 4.99. The van der Waals surface area contributed by atoms with Crippen LogP contribution in [0.5, 0.6) is 5.75 Å². The zero-order valence-electron chi connectivity index (χ0n) is 9.33. The van der Waals surface area contributed by atoms with Crippen LogP contribution in [-0.2, 0) is 0 Å². The van der Waals surface area contributed by atoms with Crippen molar-refractivity contribution < 1.29 is 4.74 Å². The van der Waals surface area contributed by atoms with Crippen molar-refractivity contribution in [1.29, 1.82) is 0 Å². The summed E-state index contributed by atoms with van der Waals surface area (Å²) in [4.78, 5) is 4.39. The van der Waals surface area contributed by atoms with Gasteiger partial charge in [0.2, 0.25) is 0 Å². The van der Waals surface area contributed by atoms with Gasteiger partial charge in [-0.15, -0.1) is 0 Å². The Morgan fingerprint density at radius 1 is 1.53 bits per heavy atom. The first kappa shape index (κ1) is 12.5. The van der Waals surface area contributed by atoms with E-state index in [9.17, 15) is 0 Å². The topological polar surface area (TPSA) is 48.1 Å². The summed E-state index contributed by atoms with van der Waals surface area (Å²) < 4.78 is 6.06. The molecule has 0 saturated heterocycles. The van der Waals surface area contributed by atoms with Gasteiger partial charge in [-0.2, -0.15) is 0 Å². The largest absolute Gasteiger partial charge is 0.495 e. The monoisotopic (exact) mass is 272 g/mol. The normalized spacial score (nSPS) is 12.9. The summed E-state index contributed by atoms with van der Waals surface area (Å²) in [6.45, 7) is 4.90. The summed E-state index contributed by atoms with van der Waals surface area (Å²) in [6, 6.07) is 1.92. The highest BCUT2D eigenvalue weighted by Gasteiger charge is 2.18. The van der Waals surface area contributed by atoms with Gasteiger partial charge in [0.25, 0.3) is 0 Å². The van der Waals surface area contributed by atoms with Gasteiger partial charge in [0.15, 0.2) is 0 Å². The van der Waals surface area contributed by atoms with Crippen LogP contribution in [0.3, 0.4) is 0 Å². The van der Waals surface area contributed by atoms with E-state index in [1.807, 2.05) is 6.07 Å². The smallest absolute Gasteiger partial charge is 0.138 e. The van der Waals surface area contributed by atoms with Crippen LogP contribution < -0.4 is 10.5 Å². The van der Waals surface area contributed by atoms with E-state index >= 15 is 0 Å². The summed E-state index contributed by atoms with van der Waals surface area (Å²) in [5, 5.41) is 0. The minimum absolute atomic E-state index is 0.283. The second kappa shape index (κ2) is 5.47. The van der Waals surface area contributed by atoms with E-state index < -0.39 is 0 Å². The maximum Gasteiger partial charge on any atom is 0.138 e. The Morgan fingerprint density at radius 2 is 2.20 bits per heavy atom. The first-order chi connectivity index (χ1) is 7.10. The molecule has 0 aliphatic rings. The molecule has 2 N–H and O–H groups in total. The fraction of sp³-hybridized carbons (Fsp3) is 0.545. The molecule has 0 saturated carbocycles.